The first-order valence-electron chi connectivity index (χ1n) is 9.10. The quantitative estimate of drug-likeness (QED) is 0.280. The maximum Gasteiger partial charge on any atom is 0.329 e. The lowest BCUT2D eigenvalue weighted by molar-refractivity contribution is -0.384. The molecule has 0 spiro atoms. The van der Waals surface area contributed by atoms with Gasteiger partial charge in [-0.05, 0) is 47.9 Å². The highest BCUT2D eigenvalue weighted by Crippen LogP contribution is 2.28. The zero-order chi connectivity index (χ0) is 21.9. The van der Waals surface area contributed by atoms with E-state index in [1.807, 2.05) is 6.92 Å². The number of non-ortho nitro benzene ring substituents is 1. The Morgan fingerprint density at radius 2 is 1.87 bits per heavy atom. The van der Waals surface area contributed by atoms with Gasteiger partial charge in [0.15, 0.2) is 11.5 Å². The number of carbonyl (C=O) groups is 2. The average Bonchev–Trinajstić information content (AvgIpc) is 2.76. The molecule has 0 aliphatic carbocycles. The van der Waals surface area contributed by atoms with E-state index in [4.69, 9.17) is 9.47 Å². The topological polar surface area (TPSA) is 132 Å². The minimum absolute atomic E-state index is 0.00917. The van der Waals surface area contributed by atoms with E-state index in [1.54, 1.807) is 30.3 Å². The van der Waals surface area contributed by atoms with Gasteiger partial charge in [0, 0.05) is 18.7 Å². The van der Waals surface area contributed by atoms with Crippen LogP contribution in [0.15, 0.2) is 47.6 Å². The molecule has 0 fully saturated rings. The predicted octanol–water partition coefficient (Wildman–Crippen LogP) is 2.16. The largest absolute Gasteiger partial charge is 0.493 e. The second kappa shape index (κ2) is 11.1. The van der Waals surface area contributed by atoms with Gasteiger partial charge in [-0.3, -0.25) is 19.7 Å². The number of methoxy groups -OCH3 is 1. The number of hydrogen-bond acceptors (Lipinski definition) is 7. The second-order valence-electron chi connectivity index (χ2n) is 6.08. The monoisotopic (exact) mass is 414 g/mol. The van der Waals surface area contributed by atoms with E-state index in [0.717, 1.165) is 12.0 Å². The molecule has 2 amide bonds. The number of rotatable bonds is 9. The Morgan fingerprint density at radius 1 is 1.13 bits per heavy atom. The van der Waals surface area contributed by atoms with E-state index < -0.39 is 16.7 Å². The van der Waals surface area contributed by atoms with E-state index in [-0.39, 0.29) is 12.3 Å². The third-order valence-corrected chi connectivity index (χ3v) is 3.85. The summed E-state index contributed by atoms with van der Waals surface area (Å²) in [5, 5.41) is 16.9. The van der Waals surface area contributed by atoms with Crippen LogP contribution in [-0.2, 0) is 16.2 Å². The minimum atomic E-state index is -0.852. The van der Waals surface area contributed by atoms with Crippen molar-refractivity contribution in [3.63, 3.8) is 0 Å². The van der Waals surface area contributed by atoms with Gasteiger partial charge in [-0.2, -0.15) is 5.10 Å². The second-order valence-corrected chi connectivity index (χ2v) is 6.08. The Morgan fingerprint density at radius 3 is 2.50 bits per heavy atom. The third-order valence-electron chi connectivity index (χ3n) is 3.85. The number of nitrogens with one attached hydrogen (secondary N) is 2. The zero-order valence-corrected chi connectivity index (χ0v) is 16.6. The summed E-state index contributed by atoms with van der Waals surface area (Å²) in [6.07, 6.45) is 2.09. The van der Waals surface area contributed by atoms with Crippen LogP contribution in [0.25, 0.3) is 0 Å². The lowest BCUT2D eigenvalue weighted by atomic mass is 10.2. The van der Waals surface area contributed by atoms with E-state index in [1.165, 1.54) is 25.5 Å². The first-order valence-corrected chi connectivity index (χ1v) is 9.10. The molecule has 30 heavy (non-hydrogen) atoms. The van der Waals surface area contributed by atoms with E-state index in [2.05, 4.69) is 15.8 Å². The fourth-order valence-corrected chi connectivity index (χ4v) is 2.29. The lowest BCUT2D eigenvalue weighted by Gasteiger charge is -2.11. The smallest absolute Gasteiger partial charge is 0.329 e. The van der Waals surface area contributed by atoms with E-state index in [9.17, 15) is 19.7 Å². The molecule has 0 heterocycles. The summed E-state index contributed by atoms with van der Waals surface area (Å²) in [5.41, 5.74) is 3.53. The lowest BCUT2D eigenvalue weighted by Crippen LogP contribution is -2.38. The molecule has 0 aliphatic rings. The summed E-state index contributed by atoms with van der Waals surface area (Å²) >= 11 is 0. The number of benzene rings is 2. The molecule has 0 radical (unpaired) electrons. The van der Waals surface area contributed by atoms with Crippen LogP contribution in [0, 0.1) is 10.1 Å². The van der Waals surface area contributed by atoms with Gasteiger partial charge in [0.2, 0.25) is 0 Å². The van der Waals surface area contributed by atoms with Crippen molar-refractivity contribution in [3.05, 3.63) is 63.7 Å². The molecule has 158 valence electrons. The molecule has 0 aromatic heterocycles. The van der Waals surface area contributed by atoms with Crippen LogP contribution in [0.1, 0.15) is 24.5 Å². The highest BCUT2D eigenvalue weighted by Gasteiger charge is 2.11. The van der Waals surface area contributed by atoms with Crippen molar-refractivity contribution >= 4 is 23.7 Å². The van der Waals surface area contributed by atoms with Crippen LogP contribution >= 0.6 is 0 Å². The molecule has 2 rings (SSSR count). The molecule has 10 nitrogen and oxygen atoms in total. The van der Waals surface area contributed by atoms with Crippen LogP contribution < -0.4 is 20.2 Å². The highest BCUT2D eigenvalue weighted by atomic mass is 16.6. The zero-order valence-electron chi connectivity index (χ0n) is 16.6. The SMILES string of the molecule is CCCNC(=O)C(=O)N/N=C\c1ccc(OCc2ccc([N+](=O)[O-])cc2)c(OC)c1. The normalized spacial score (nSPS) is 10.5. The number of ether oxygens (including phenoxy) is 2. The molecule has 2 N–H and O–H groups in total. The highest BCUT2D eigenvalue weighted by molar-refractivity contribution is 6.35. The average molecular weight is 414 g/mol. The molecule has 0 saturated heterocycles. The molecule has 2 aromatic carbocycles. The molecule has 0 bridgehead atoms. The molecule has 0 saturated carbocycles. The van der Waals surface area contributed by atoms with Gasteiger partial charge in [0.1, 0.15) is 6.61 Å². The van der Waals surface area contributed by atoms with Crippen molar-refractivity contribution < 1.29 is 24.0 Å². The summed E-state index contributed by atoms with van der Waals surface area (Å²) in [6.45, 7) is 2.49. The first kappa shape index (κ1) is 22.3. The van der Waals surface area contributed by atoms with Gasteiger partial charge >= 0.3 is 11.8 Å². The third kappa shape index (κ3) is 6.59. The number of nitrogens with zero attached hydrogens (tertiary/aromatic N) is 2. The van der Waals surface area contributed by atoms with Gasteiger partial charge in [-0.1, -0.05) is 6.92 Å². The molecule has 0 unspecified atom stereocenters. The maximum absolute atomic E-state index is 11.6. The van der Waals surface area contributed by atoms with Crippen molar-refractivity contribution in [2.24, 2.45) is 5.10 Å². The number of amides is 2. The van der Waals surface area contributed by atoms with Crippen LogP contribution in [0.5, 0.6) is 11.5 Å². The van der Waals surface area contributed by atoms with Gasteiger partial charge in [-0.25, -0.2) is 5.43 Å². The summed E-state index contributed by atoms with van der Waals surface area (Å²) in [5.74, 6) is -0.694. The molecule has 0 atom stereocenters. The van der Waals surface area contributed by atoms with Crippen molar-refractivity contribution in [2.45, 2.75) is 20.0 Å². The van der Waals surface area contributed by atoms with Gasteiger partial charge < -0.3 is 14.8 Å². The van der Waals surface area contributed by atoms with Crippen LogP contribution in [0.3, 0.4) is 0 Å². The molecule has 2 aromatic rings. The van der Waals surface area contributed by atoms with Crippen molar-refractivity contribution in [1.82, 2.24) is 10.7 Å². The number of hydrogen-bond donors (Lipinski definition) is 2. The number of nitro benzene ring substituents is 1. The number of carbonyl (C=O) groups excluding carboxylic acids is 2. The van der Waals surface area contributed by atoms with Crippen LogP contribution in [-0.4, -0.2) is 36.6 Å². The minimum Gasteiger partial charge on any atom is -0.493 e. The van der Waals surface area contributed by atoms with Gasteiger partial charge in [-0.15, -0.1) is 0 Å². The van der Waals surface area contributed by atoms with Crippen molar-refractivity contribution in [3.8, 4) is 11.5 Å². The first-order chi connectivity index (χ1) is 14.4. The molecule has 0 aliphatic heterocycles. The van der Waals surface area contributed by atoms with Crippen LogP contribution in [0.2, 0.25) is 0 Å². The van der Waals surface area contributed by atoms with Gasteiger partial charge in [0.25, 0.3) is 5.69 Å². The fraction of sp³-hybridized carbons (Fsp3) is 0.250. The maximum atomic E-state index is 11.6. The predicted molar refractivity (Wildman–Crippen MR) is 109 cm³/mol. The summed E-state index contributed by atoms with van der Waals surface area (Å²) in [6, 6.07) is 11.1. The standard InChI is InChI=1S/C20H22N4O6/c1-3-10-21-19(25)20(26)23-22-12-15-6-9-17(18(11-15)29-2)30-13-14-4-7-16(8-5-14)24(27)28/h4-9,11-12H,3,10,13H2,1-2H3,(H,21,25)(H,23,26)/b22-12-. The molecular weight excluding hydrogens is 392 g/mol. The van der Waals surface area contributed by atoms with Crippen molar-refractivity contribution in [2.75, 3.05) is 13.7 Å². The fourth-order valence-electron chi connectivity index (χ4n) is 2.29. The number of nitro groups is 1. The van der Waals surface area contributed by atoms with Crippen LogP contribution in [0.4, 0.5) is 5.69 Å². The molecular formula is C20H22N4O6. The Hall–Kier alpha value is -3.95. The summed E-state index contributed by atoms with van der Waals surface area (Å²) in [4.78, 5) is 33.3. The summed E-state index contributed by atoms with van der Waals surface area (Å²) < 4.78 is 11.0. The van der Waals surface area contributed by atoms with Gasteiger partial charge in [0.05, 0.1) is 18.2 Å². The Kier molecular flexibility index (Phi) is 8.30. The Balaban J connectivity index is 1.96. The summed E-state index contributed by atoms with van der Waals surface area (Å²) in [7, 11) is 1.48. The van der Waals surface area contributed by atoms with Crippen molar-refractivity contribution in [1.29, 1.82) is 0 Å². The Labute approximate surface area is 173 Å². The van der Waals surface area contributed by atoms with E-state index in [0.29, 0.717) is 23.6 Å². The number of hydrazone groups is 1. The molecule has 10 heteroatoms. The Bertz CT molecular complexity index is 927. The van der Waals surface area contributed by atoms with E-state index >= 15 is 0 Å².